The summed E-state index contributed by atoms with van der Waals surface area (Å²) in [5.74, 6) is 0.976. The Morgan fingerprint density at radius 1 is 1.16 bits per heavy atom. The molecule has 0 saturated heterocycles. The number of hydrogen-bond donors (Lipinski definition) is 0. The van der Waals surface area contributed by atoms with E-state index in [-0.39, 0.29) is 0 Å². The lowest BCUT2D eigenvalue weighted by molar-refractivity contribution is 0.362. The first-order valence-electron chi connectivity index (χ1n) is 8.81. The molecule has 3 aromatic rings. The van der Waals surface area contributed by atoms with E-state index in [1.165, 1.54) is 5.56 Å². The summed E-state index contributed by atoms with van der Waals surface area (Å²) < 4.78 is 7.55. The largest absolute Gasteiger partial charge is 0.361 e. The third-order valence-corrected chi connectivity index (χ3v) is 5.48. The lowest BCUT2D eigenvalue weighted by Gasteiger charge is -2.20. The van der Waals surface area contributed by atoms with Crippen LogP contribution in [0.4, 0.5) is 0 Å². The number of imidazole rings is 1. The van der Waals surface area contributed by atoms with Crippen LogP contribution < -0.4 is 0 Å². The summed E-state index contributed by atoms with van der Waals surface area (Å²) in [5.41, 5.74) is 2.29. The molecule has 0 aliphatic heterocycles. The van der Waals surface area contributed by atoms with Crippen LogP contribution >= 0.6 is 15.9 Å². The molecule has 0 bridgehead atoms. The van der Waals surface area contributed by atoms with Crippen LogP contribution in [0.5, 0.6) is 0 Å². The number of aromatic nitrogens is 3. The van der Waals surface area contributed by atoms with Gasteiger partial charge in [0.05, 0.1) is 12.0 Å². The van der Waals surface area contributed by atoms with E-state index < -0.39 is 0 Å². The Bertz CT molecular complexity index is 739. The SMILES string of the molecule is Cc1cc(CCCC(CCC(Br)c2ccccc2)n2ccnc2)on1. The van der Waals surface area contributed by atoms with Crippen molar-refractivity contribution in [1.82, 2.24) is 14.7 Å². The molecule has 0 amide bonds. The second kappa shape index (κ2) is 8.99. The Hall–Kier alpha value is -1.88. The molecule has 2 aromatic heterocycles. The Morgan fingerprint density at radius 2 is 2.00 bits per heavy atom. The van der Waals surface area contributed by atoms with E-state index >= 15 is 0 Å². The van der Waals surface area contributed by atoms with Gasteiger partial charge in [0.1, 0.15) is 5.76 Å². The second-order valence-electron chi connectivity index (χ2n) is 6.45. The average Bonchev–Trinajstić information content (AvgIpc) is 3.30. The summed E-state index contributed by atoms with van der Waals surface area (Å²) in [6, 6.07) is 13.1. The van der Waals surface area contributed by atoms with Crippen LogP contribution in [0.2, 0.25) is 0 Å². The Balaban J connectivity index is 1.54. The summed E-state index contributed by atoms with van der Waals surface area (Å²) >= 11 is 3.84. The quantitative estimate of drug-likeness (QED) is 0.434. The Morgan fingerprint density at radius 3 is 2.68 bits per heavy atom. The van der Waals surface area contributed by atoms with Crippen molar-refractivity contribution >= 4 is 15.9 Å². The highest BCUT2D eigenvalue weighted by Gasteiger charge is 2.15. The van der Waals surface area contributed by atoms with E-state index in [9.17, 15) is 0 Å². The van der Waals surface area contributed by atoms with Gasteiger partial charge in [-0.1, -0.05) is 51.4 Å². The van der Waals surface area contributed by atoms with Gasteiger partial charge in [-0.25, -0.2) is 4.98 Å². The molecule has 2 unspecified atom stereocenters. The summed E-state index contributed by atoms with van der Waals surface area (Å²) in [7, 11) is 0. The molecule has 0 aliphatic rings. The monoisotopic (exact) mass is 401 g/mol. The molecule has 2 heterocycles. The summed E-state index contributed by atoms with van der Waals surface area (Å²) in [5, 5.41) is 3.96. The van der Waals surface area contributed by atoms with Gasteiger partial charge in [0.15, 0.2) is 0 Å². The van der Waals surface area contributed by atoms with Crippen LogP contribution in [0.15, 0.2) is 59.6 Å². The van der Waals surface area contributed by atoms with Crippen LogP contribution in [0.25, 0.3) is 0 Å². The third-order valence-electron chi connectivity index (χ3n) is 4.50. The summed E-state index contributed by atoms with van der Waals surface area (Å²) in [6.45, 7) is 1.96. The van der Waals surface area contributed by atoms with Crippen LogP contribution in [-0.4, -0.2) is 14.7 Å². The fraction of sp³-hybridized carbons (Fsp3) is 0.400. The van der Waals surface area contributed by atoms with Gasteiger partial charge in [-0.3, -0.25) is 0 Å². The number of hydrogen-bond acceptors (Lipinski definition) is 3. The highest BCUT2D eigenvalue weighted by atomic mass is 79.9. The van der Waals surface area contributed by atoms with Crippen molar-refractivity contribution in [2.24, 2.45) is 0 Å². The minimum absolute atomic E-state index is 0.386. The van der Waals surface area contributed by atoms with Crippen molar-refractivity contribution in [1.29, 1.82) is 0 Å². The van der Waals surface area contributed by atoms with Crippen molar-refractivity contribution in [2.45, 2.75) is 49.9 Å². The van der Waals surface area contributed by atoms with E-state index in [0.29, 0.717) is 10.9 Å². The summed E-state index contributed by atoms with van der Waals surface area (Å²) in [4.78, 5) is 4.61. The number of nitrogens with zero attached hydrogens (tertiary/aromatic N) is 3. The molecule has 4 nitrogen and oxygen atoms in total. The zero-order valence-corrected chi connectivity index (χ0v) is 16.1. The molecular weight excluding hydrogens is 378 g/mol. The molecule has 0 aliphatic carbocycles. The van der Waals surface area contributed by atoms with Crippen molar-refractivity contribution < 1.29 is 4.52 Å². The average molecular weight is 402 g/mol. The maximum Gasteiger partial charge on any atom is 0.136 e. The van der Waals surface area contributed by atoms with Gasteiger partial charge in [-0.15, -0.1) is 0 Å². The van der Waals surface area contributed by atoms with E-state index in [1.807, 2.05) is 25.5 Å². The first kappa shape index (κ1) is 17.9. The molecule has 2 atom stereocenters. The molecule has 0 spiro atoms. The lowest BCUT2D eigenvalue weighted by atomic mass is 10.00. The van der Waals surface area contributed by atoms with Gasteiger partial charge in [-0.05, 0) is 38.2 Å². The van der Waals surface area contributed by atoms with Crippen molar-refractivity contribution in [3.63, 3.8) is 0 Å². The van der Waals surface area contributed by atoms with Gasteiger partial charge in [0.25, 0.3) is 0 Å². The highest BCUT2D eigenvalue weighted by Crippen LogP contribution is 2.32. The maximum atomic E-state index is 5.32. The van der Waals surface area contributed by atoms with Crippen LogP contribution in [-0.2, 0) is 6.42 Å². The van der Waals surface area contributed by atoms with E-state index in [0.717, 1.165) is 43.6 Å². The van der Waals surface area contributed by atoms with E-state index in [1.54, 1.807) is 0 Å². The van der Waals surface area contributed by atoms with Crippen LogP contribution in [0.3, 0.4) is 0 Å². The normalized spacial score (nSPS) is 13.7. The topological polar surface area (TPSA) is 43.9 Å². The predicted octanol–water partition coefficient (Wildman–Crippen LogP) is 5.66. The number of alkyl halides is 1. The van der Waals surface area contributed by atoms with Gasteiger partial charge >= 0.3 is 0 Å². The molecule has 1 aromatic carbocycles. The van der Waals surface area contributed by atoms with Crippen LogP contribution in [0, 0.1) is 6.92 Å². The van der Waals surface area contributed by atoms with Crippen molar-refractivity contribution in [3.05, 3.63) is 72.1 Å². The van der Waals surface area contributed by atoms with Crippen molar-refractivity contribution in [2.75, 3.05) is 0 Å². The predicted molar refractivity (Wildman–Crippen MR) is 103 cm³/mol. The molecule has 132 valence electrons. The van der Waals surface area contributed by atoms with Gasteiger partial charge < -0.3 is 9.09 Å². The maximum absolute atomic E-state index is 5.32. The Labute approximate surface area is 157 Å². The smallest absolute Gasteiger partial charge is 0.136 e. The molecular formula is C20H24BrN3O. The molecule has 0 N–H and O–H groups in total. The minimum atomic E-state index is 0.386. The first-order valence-corrected chi connectivity index (χ1v) is 9.72. The molecule has 0 radical (unpaired) electrons. The van der Waals surface area contributed by atoms with Gasteiger partial charge in [0, 0.05) is 35.7 Å². The number of rotatable bonds is 9. The number of aryl methyl sites for hydroxylation is 2. The molecule has 0 saturated carbocycles. The molecule has 3 rings (SSSR count). The zero-order chi connectivity index (χ0) is 17.5. The molecule has 25 heavy (non-hydrogen) atoms. The fourth-order valence-electron chi connectivity index (χ4n) is 3.14. The van der Waals surface area contributed by atoms with Crippen molar-refractivity contribution in [3.8, 4) is 0 Å². The fourth-order valence-corrected chi connectivity index (χ4v) is 3.71. The lowest BCUT2D eigenvalue weighted by Crippen LogP contribution is -2.09. The van der Waals surface area contributed by atoms with E-state index in [4.69, 9.17) is 4.52 Å². The van der Waals surface area contributed by atoms with E-state index in [2.05, 4.69) is 67.2 Å². The second-order valence-corrected chi connectivity index (χ2v) is 7.55. The minimum Gasteiger partial charge on any atom is -0.361 e. The van der Waals surface area contributed by atoms with Gasteiger partial charge in [-0.2, -0.15) is 0 Å². The zero-order valence-electron chi connectivity index (χ0n) is 14.5. The number of benzene rings is 1. The standard InChI is InChI=1S/C20H24BrN3O/c1-16-14-19(25-23-16)9-5-8-18(24-13-12-22-15-24)10-11-20(21)17-6-3-2-4-7-17/h2-4,6-7,12-15,18,20H,5,8-11H2,1H3. The molecule has 0 fully saturated rings. The first-order chi connectivity index (χ1) is 12.2. The van der Waals surface area contributed by atoms with Gasteiger partial charge in [0.2, 0.25) is 0 Å². The Kier molecular flexibility index (Phi) is 6.45. The van der Waals surface area contributed by atoms with Crippen LogP contribution in [0.1, 0.15) is 53.6 Å². The highest BCUT2D eigenvalue weighted by molar-refractivity contribution is 9.09. The molecule has 5 heteroatoms. The number of halogens is 1. The summed E-state index contributed by atoms with van der Waals surface area (Å²) in [6.07, 6.45) is 11.2. The third kappa shape index (κ3) is 5.30.